The molecule has 0 saturated heterocycles. The van der Waals surface area contributed by atoms with E-state index in [-0.39, 0.29) is 4.48 Å². The first kappa shape index (κ1) is 15.7. The fraction of sp³-hybridized carbons (Fsp3) is 0.231. The third kappa shape index (κ3) is 3.16. The van der Waals surface area contributed by atoms with Crippen LogP contribution in [0.5, 0.6) is 0 Å². The molecule has 0 fully saturated rings. The van der Waals surface area contributed by atoms with Crippen LogP contribution in [0.2, 0.25) is 0 Å². The van der Waals surface area contributed by atoms with E-state index in [1.807, 2.05) is 0 Å². The smallest absolute Gasteiger partial charge is 0.261 e. The first-order chi connectivity index (χ1) is 9.85. The zero-order chi connectivity index (χ0) is 15.6. The fourth-order valence-electron chi connectivity index (χ4n) is 2.03. The molecule has 1 atom stereocenters. The van der Waals surface area contributed by atoms with E-state index in [2.05, 4.69) is 20.7 Å². The van der Waals surface area contributed by atoms with Gasteiger partial charge in [-0.15, -0.1) is 0 Å². The van der Waals surface area contributed by atoms with Crippen molar-refractivity contribution in [3.63, 3.8) is 0 Å². The number of hydrogen-bond donors (Lipinski definition) is 0. The molecule has 1 unspecified atom stereocenters. The molecule has 0 heterocycles. The lowest BCUT2D eigenvalue weighted by atomic mass is 9.92. The number of halogens is 4. The maximum atomic E-state index is 13.2. The van der Waals surface area contributed by atoms with Crippen molar-refractivity contribution in [1.82, 2.24) is 0 Å². The quantitative estimate of drug-likeness (QED) is 0.459. The van der Waals surface area contributed by atoms with Crippen LogP contribution in [0, 0.1) is 15.9 Å². The maximum Gasteiger partial charge on any atom is 0.366 e. The topological polar surface area (TPSA) is 52.4 Å². The van der Waals surface area contributed by atoms with Crippen LogP contribution in [0.4, 0.5) is 13.2 Å². The van der Waals surface area contributed by atoms with Crippen molar-refractivity contribution in [2.45, 2.75) is 18.8 Å². The highest BCUT2D eigenvalue weighted by molar-refractivity contribution is 9.11. The highest BCUT2D eigenvalue weighted by Crippen LogP contribution is 2.41. The molecule has 1 aliphatic rings. The third-order valence-corrected chi connectivity index (χ3v) is 3.89. The molecule has 0 aliphatic heterocycles. The number of ether oxygens (including phenoxy) is 1. The molecule has 112 valence electrons. The standard InChI is InChI=1S/C13H9BrF3NO3/c14-11-5-4-9(8-2-1-3-10(15)6-8)7-13(11,18(19)20)21-12(16)17/h1-6,12H,7H2. The number of alkyl halides is 2. The molecule has 2 rings (SSSR count). The Morgan fingerprint density at radius 2 is 2.10 bits per heavy atom. The summed E-state index contributed by atoms with van der Waals surface area (Å²) in [4.78, 5) is 10.3. The molecule has 1 aliphatic carbocycles. The maximum absolute atomic E-state index is 13.2. The number of nitrogens with zero attached hydrogens (tertiary/aromatic N) is 1. The van der Waals surface area contributed by atoms with E-state index < -0.39 is 29.5 Å². The summed E-state index contributed by atoms with van der Waals surface area (Å²) in [5, 5.41) is 11.2. The lowest BCUT2D eigenvalue weighted by Crippen LogP contribution is -2.44. The number of nitro groups is 1. The molecule has 0 amide bonds. The van der Waals surface area contributed by atoms with E-state index in [0.717, 1.165) is 0 Å². The van der Waals surface area contributed by atoms with Gasteiger partial charge < -0.3 is 0 Å². The molecule has 4 nitrogen and oxygen atoms in total. The molecular formula is C13H9BrF3NO3. The van der Waals surface area contributed by atoms with Gasteiger partial charge in [-0.1, -0.05) is 18.2 Å². The molecule has 0 aromatic heterocycles. The molecule has 21 heavy (non-hydrogen) atoms. The molecule has 0 spiro atoms. The Hall–Kier alpha value is -1.67. The first-order valence-electron chi connectivity index (χ1n) is 5.78. The molecule has 0 radical (unpaired) electrons. The van der Waals surface area contributed by atoms with E-state index in [4.69, 9.17) is 0 Å². The Balaban J connectivity index is 2.43. The van der Waals surface area contributed by atoms with Crippen molar-refractivity contribution in [2.75, 3.05) is 0 Å². The summed E-state index contributed by atoms with van der Waals surface area (Å²) in [6, 6.07) is 5.36. The van der Waals surface area contributed by atoms with Gasteiger partial charge in [0.1, 0.15) is 10.3 Å². The van der Waals surface area contributed by atoms with Crippen LogP contribution in [-0.2, 0) is 4.74 Å². The van der Waals surface area contributed by atoms with Crippen molar-refractivity contribution in [3.05, 3.63) is 62.4 Å². The van der Waals surface area contributed by atoms with Crippen LogP contribution in [0.15, 0.2) is 40.9 Å². The fourth-order valence-corrected chi connectivity index (χ4v) is 2.54. The molecule has 1 aromatic carbocycles. The van der Waals surface area contributed by atoms with Gasteiger partial charge in [0, 0.05) is 0 Å². The SMILES string of the molecule is O=[N+]([O-])C1(OC(F)F)CC(c2cccc(F)c2)=CC=C1Br. The predicted octanol–water partition coefficient (Wildman–Crippen LogP) is 4.10. The van der Waals surface area contributed by atoms with Crippen molar-refractivity contribution < 1.29 is 22.8 Å². The van der Waals surface area contributed by atoms with E-state index in [1.165, 1.54) is 36.4 Å². The number of hydrogen-bond acceptors (Lipinski definition) is 3. The minimum absolute atomic E-state index is 0.125. The highest BCUT2D eigenvalue weighted by atomic mass is 79.9. The monoisotopic (exact) mass is 363 g/mol. The van der Waals surface area contributed by atoms with Crippen LogP contribution in [0.25, 0.3) is 5.57 Å². The summed E-state index contributed by atoms with van der Waals surface area (Å²) in [5.41, 5.74) is -1.71. The van der Waals surface area contributed by atoms with Gasteiger partial charge in [-0.3, -0.25) is 10.1 Å². The predicted molar refractivity (Wildman–Crippen MR) is 72.8 cm³/mol. The van der Waals surface area contributed by atoms with Gasteiger partial charge in [0.05, 0.1) is 11.3 Å². The highest BCUT2D eigenvalue weighted by Gasteiger charge is 2.52. The molecule has 1 aromatic rings. The number of allylic oxidation sites excluding steroid dienone is 2. The summed E-state index contributed by atoms with van der Waals surface area (Å²) < 4.78 is 42.4. The Morgan fingerprint density at radius 3 is 2.67 bits per heavy atom. The van der Waals surface area contributed by atoms with Gasteiger partial charge in [-0.2, -0.15) is 8.78 Å². The second kappa shape index (κ2) is 5.98. The minimum Gasteiger partial charge on any atom is -0.261 e. The van der Waals surface area contributed by atoms with Crippen molar-refractivity contribution in [2.24, 2.45) is 0 Å². The summed E-state index contributed by atoms with van der Waals surface area (Å²) in [6.07, 6.45) is 2.31. The molecule has 0 saturated carbocycles. The van der Waals surface area contributed by atoms with Gasteiger partial charge in [-0.05, 0) is 45.3 Å². The lowest BCUT2D eigenvalue weighted by molar-refractivity contribution is -0.624. The van der Waals surface area contributed by atoms with Crippen LogP contribution < -0.4 is 0 Å². The van der Waals surface area contributed by atoms with Gasteiger partial charge in [-0.25, -0.2) is 9.13 Å². The number of benzene rings is 1. The molecular weight excluding hydrogens is 355 g/mol. The largest absolute Gasteiger partial charge is 0.366 e. The van der Waals surface area contributed by atoms with Gasteiger partial charge in [0.2, 0.25) is 0 Å². The van der Waals surface area contributed by atoms with Crippen molar-refractivity contribution >= 4 is 21.5 Å². The summed E-state index contributed by atoms with van der Waals surface area (Å²) in [6.45, 7) is -3.32. The van der Waals surface area contributed by atoms with E-state index >= 15 is 0 Å². The first-order valence-corrected chi connectivity index (χ1v) is 6.58. The summed E-state index contributed by atoms with van der Waals surface area (Å²) in [7, 11) is 0. The molecule has 0 bridgehead atoms. The Labute approximate surface area is 126 Å². The van der Waals surface area contributed by atoms with Crippen LogP contribution in [0.1, 0.15) is 12.0 Å². The summed E-state index contributed by atoms with van der Waals surface area (Å²) in [5.74, 6) is -0.525. The Bertz CT molecular complexity index is 633. The summed E-state index contributed by atoms with van der Waals surface area (Å²) >= 11 is 2.90. The van der Waals surface area contributed by atoms with Crippen LogP contribution in [-0.4, -0.2) is 17.3 Å². The Kier molecular flexibility index (Phi) is 4.48. The normalized spacial score (nSPS) is 22.0. The van der Waals surface area contributed by atoms with Crippen molar-refractivity contribution in [3.8, 4) is 0 Å². The number of rotatable bonds is 4. The Morgan fingerprint density at radius 1 is 1.38 bits per heavy atom. The van der Waals surface area contributed by atoms with Gasteiger partial charge in [0.25, 0.3) is 0 Å². The molecule has 0 N–H and O–H groups in total. The zero-order valence-corrected chi connectivity index (χ0v) is 12.0. The lowest BCUT2D eigenvalue weighted by Gasteiger charge is -2.28. The van der Waals surface area contributed by atoms with Gasteiger partial charge >= 0.3 is 12.3 Å². The molecule has 8 heteroatoms. The third-order valence-electron chi connectivity index (χ3n) is 3.01. The average Bonchev–Trinajstić information content (AvgIpc) is 2.40. The van der Waals surface area contributed by atoms with E-state index in [9.17, 15) is 23.3 Å². The second-order valence-corrected chi connectivity index (χ2v) is 5.17. The zero-order valence-electron chi connectivity index (χ0n) is 10.4. The van der Waals surface area contributed by atoms with Crippen LogP contribution in [0.3, 0.4) is 0 Å². The van der Waals surface area contributed by atoms with E-state index in [1.54, 1.807) is 0 Å². The minimum atomic E-state index is -3.32. The second-order valence-electron chi connectivity index (χ2n) is 4.31. The van der Waals surface area contributed by atoms with Crippen molar-refractivity contribution in [1.29, 1.82) is 0 Å². The van der Waals surface area contributed by atoms with Gasteiger partial charge in [0.15, 0.2) is 0 Å². The van der Waals surface area contributed by atoms with Crippen LogP contribution >= 0.6 is 15.9 Å². The average molecular weight is 364 g/mol. The van der Waals surface area contributed by atoms with E-state index in [0.29, 0.717) is 11.1 Å².